The molecule has 1 aliphatic rings. The van der Waals surface area contributed by atoms with E-state index in [1.54, 1.807) is 0 Å². The van der Waals surface area contributed by atoms with Crippen LogP contribution in [-0.4, -0.2) is 16.8 Å². The highest BCUT2D eigenvalue weighted by Gasteiger charge is 2.32. The van der Waals surface area contributed by atoms with Gasteiger partial charge in [0, 0.05) is 43.8 Å². The van der Waals surface area contributed by atoms with Crippen LogP contribution in [0.15, 0.2) is 84.9 Å². The fourth-order valence-electron chi connectivity index (χ4n) is 9.87. The van der Waals surface area contributed by atoms with Crippen LogP contribution in [0.5, 0.6) is 0 Å². The van der Waals surface area contributed by atoms with Crippen molar-refractivity contribution in [3.63, 3.8) is 0 Å². The molecule has 3 heteroatoms. The number of hydrogen-bond acceptors (Lipinski definition) is 0. The summed E-state index contributed by atoms with van der Waals surface area (Å²) in [4.78, 5) is 4.02. The third kappa shape index (κ3) is 5.90. The molecule has 3 heterocycles. The lowest BCUT2D eigenvalue weighted by Crippen LogP contribution is -2.38. The van der Waals surface area contributed by atoms with E-state index in [-0.39, 0.29) is 21.7 Å². The topological polar surface area (TPSA) is 20.7 Å². The van der Waals surface area contributed by atoms with Crippen molar-refractivity contribution < 1.29 is 0 Å². The van der Waals surface area contributed by atoms with Crippen molar-refractivity contribution in [2.75, 3.05) is 0 Å². The maximum Gasteiger partial charge on any atom is 0.198 e. The fourth-order valence-corrected chi connectivity index (χ4v) is 9.87. The second-order valence-electron chi connectivity index (χ2n) is 21.8. The number of rotatable bonds is 2. The van der Waals surface area contributed by atoms with Crippen molar-refractivity contribution >= 4 is 61.8 Å². The molecule has 0 amide bonds. The molecule has 0 fully saturated rings. The zero-order valence-electron chi connectivity index (χ0n) is 37.7. The van der Waals surface area contributed by atoms with Crippen LogP contribution in [0.3, 0.4) is 0 Å². The van der Waals surface area contributed by atoms with Gasteiger partial charge in [0.1, 0.15) is 0 Å². The third-order valence-electron chi connectivity index (χ3n) is 13.4. The fraction of sp³-hybridized carbons (Fsp3) is 0.345. The largest absolute Gasteiger partial charge is 0.354 e. The monoisotopic (exact) mass is 760 g/mol. The van der Waals surface area contributed by atoms with Crippen LogP contribution < -0.4 is 10.9 Å². The van der Waals surface area contributed by atoms with Crippen molar-refractivity contribution in [1.82, 2.24) is 9.55 Å². The average Bonchev–Trinajstić information content (AvgIpc) is 3.66. The minimum Gasteiger partial charge on any atom is -0.354 e. The Morgan fingerprint density at radius 2 is 1.05 bits per heavy atom. The van der Waals surface area contributed by atoms with Crippen molar-refractivity contribution in [3.8, 4) is 27.9 Å². The average molecular weight is 761 g/mol. The molecule has 0 unspecified atom stereocenters. The van der Waals surface area contributed by atoms with Gasteiger partial charge in [-0.2, -0.15) is 0 Å². The minimum absolute atomic E-state index is 0.00939. The van der Waals surface area contributed by atoms with Crippen LogP contribution in [0.25, 0.3) is 71.6 Å². The molecule has 2 nitrogen and oxygen atoms in total. The Hall–Kier alpha value is -5.02. The molecule has 294 valence electrons. The molecule has 0 atom stereocenters. The first-order chi connectivity index (χ1) is 27.0. The van der Waals surface area contributed by atoms with Crippen LogP contribution in [0.2, 0.25) is 0 Å². The molecule has 0 radical (unpaired) electrons. The molecule has 8 aromatic rings. The number of hydrogen-bond donors (Lipinski definition) is 1. The summed E-state index contributed by atoms with van der Waals surface area (Å²) in [5.74, 6) is 0. The number of fused-ring (bicyclic) bond motifs is 8. The predicted octanol–water partition coefficient (Wildman–Crippen LogP) is 13.6. The smallest absolute Gasteiger partial charge is 0.198 e. The molecule has 0 spiro atoms. The first-order valence-electron chi connectivity index (χ1n) is 21.5. The Labute approximate surface area is 347 Å². The van der Waals surface area contributed by atoms with E-state index in [2.05, 4.69) is 198 Å². The van der Waals surface area contributed by atoms with E-state index in [1.807, 2.05) is 0 Å². The van der Waals surface area contributed by atoms with Gasteiger partial charge in [-0.25, -0.2) is 0 Å². The molecule has 1 N–H and O–H groups in total. The number of aromatic nitrogens is 2. The molecular weight excluding hydrogens is 699 g/mol. The lowest BCUT2D eigenvalue weighted by atomic mass is 9.57. The van der Waals surface area contributed by atoms with Crippen molar-refractivity contribution in [2.24, 2.45) is 0 Å². The Balaban J connectivity index is 1.48. The number of benzene rings is 6. The molecule has 0 saturated heterocycles. The van der Waals surface area contributed by atoms with Crippen LogP contribution in [0, 0.1) is 20.8 Å². The first-order valence-corrected chi connectivity index (χ1v) is 21.5. The van der Waals surface area contributed by atoms with E-state index < -0.39 is 0 Å². The standard InChI is InChI=1S/C55H61BN2/c1-30-17-16-18-31(2)47(30)37-29-46-49(56-43-28-36(55(13,14)15)26-41-39-24-34(53(7,8)9)20-22-45(39)58(46)51(41)43)48(32(37)3)42-27-35(54(10,11)12)25-40-38-23-33(52(4,5)6)19-21-44(38)57-50(40)42/h16-29,56-57H,1-15H3. The van der Waals surface area contributed by atoms with Crippen molar-refractivity contribution in [1.29, 1.82) is 0 Å². The second kappa shape index (κ2) is 12.5. The summed E-state index contributed by atoms with van der Waals surface area (Å²) in [6.45, 7) is 35.1. The zero-order valence-corrected chi connectivity index (χ0v) is 37.7. The van der Waals surface area contributed by atoms with Gasteiger partial charge in [-0.15, -0.1) is 0 Å². The highest BCUT2D eigenvalue weighted by molar-refractivity contribution is 6.73. The number of aryl methyl sites for hydroxylation is 2. The maximum atomic E-state index is 4.02. The molecule has 6 aromatic carbocycles. The van der Waals surface area contributed by atoms with Gasteiger partial charge in [0.05, 0.1) is 11.0 Å². The maximum absolute atomic E-state index is 4.02. The first kappa shape index (κ1) is 38.5. The van der Waals surface area contributed by atoms with Gasteiger partial charge in [0.25, 0.3) is 0 Å². The van der Waals surface area contributed by atoms with Gasteiger partial charge in [-0.05, 0) is 152 Å². The molecule has 0 aliphatic carbocycles. The Morgan fingerprint density at radius 1 is 0.500 bits per heavy atom. The molecular formula is C55H61BN2. The summed E-state index contributed by atoms with van der Waals surface area (Å²) >= 11 is 0. The number of H-pyrrole nitrogens is 1. The number of nitrogens with one attached hydrogen (secondary N) is 1. The van der Waals surface area contributed by atoms with Gasteiger partial charge in [-0.3, -0.25) is 0 Å². The highest BCUT2D eigenvalue weighted by Crippen LogP contribution is 2.45. The van der Waals surface area contributed by atoms with Crippen LogP contribution >= 0.6 is 0 Å². The molecule has 0 saturated carbocycles. The van der Waals surface area contributed by atoms with Crippen LogP contribution in [-0.2, 0) is 21.7 Å². The molecule has 0 bridgehead atoms. The molecule has 9 rings (SSSR count). The quantitative estimate of drug-likeness (QED) is 0.169. The zero-order chi connectivity index (χ0) is 41.6. The van der Waals surface area contributed by atoms with Gasteiger partial charge in [-0.1, -0.05) is 125 Å². The SMILES string of the molecule is Cc1cccc(C)c1-c1cc2c(c(-c3cc(C(C)(C)C)cc4c3[nH]c3ccc(C(C)(C)C)cc34)c1C)Bc1cc(C(C)(C)C)cc3c4cc(C(C)(C)C)ccc4n-2c13. The Kier molecular flexibility index (Phi) is 8.30. The van der Waals surface area contributed by atoms with Crippen molar-refractivity contribution in [2.45, 2.75) is 126 Å². The molecule has 58 heavy (non-hydrogen) atoms. The summed E-state index contributed by atoms with van der Waals surface area (Å²) in [7, 11) is 0.872. The van der Waals surface area contributed by atoms with E-state index in [4.69, 9.17) is 0 Å². The normalized spacial score (nSPS) is 13.6. The van der Waals surface area contributed by atoms with Gasteiger partial charge in [0.2, 0.25) is 0 Å². The van der Waals surface area contributed by atoms with E-state index >= 15 is 0 Å². The third-order valence-corrected chi connectivity index (χ3v) is 13.4. The van der Waals surface area contributed by atoms with E-state index in [0.29, 0.717) is 0 Å². The van der Waals surface area contributed by atoms with E-state index in [0.717, 1.165) is 7.28 Å². The summed E-state index contributed by atoms with van der Waals surface area (Å²) in [5, 5.41) is 5.33. The summed E-state index contributed by atoms with van der Waals surface area (Å²) in [6.07, 6.45) is 0. The highest BCUT2D eigenvalue weighted by atomic mass is 15.0. The summed E-state index contributed by atoms with van der Waals surface area (Å²) in [5.41, 5.74) is 24.0. The van der Waals surface area contributed by atoms with Gasteiger partial charge < -0.3 is 9.55 Å². The molecule has 2 aromatic heterocycles. The minimum atomic E-state index is -0.0475. The van der Waals surface area contributed by atoms with Crippen LogP contribution in [0.1, 0.15) is 122 Å². The van der Waals surface area contributed by atoms with E-state index in [9.17, 15) is 0 Å². The van der Waals surface area contributed by atoms with Crippen LogP contribution in [0.4, 0.5) is 0 Å². The summed E-state index contributed by atoms with van der Waals surface area (Å²) in [6, 6.07) is 33.7. The lowest BCUT2D eigenvalue weighted by Gasteiger charge is -2.29. The molecule has 1 aliphatic heterocycles. The Morgan fingerprint density at radius 3 is 1.67 bits per heavy atom. The lowest BCUT2D eigenvalue weighted by molar-refractivity contribution is 0.590. The van der Waals surface area contributed by atoms with Crippen molar-refractivity contribution in [3.05, 3.63) is 124 Å². The second-order valence-corrected chi connectivity index (χ2v) is 21.8. The number of aromatic amines is 1. The summed E-state index contributed by atoms with van der Waals surface area (Å²) < 4.78 is 2.64. The predicted molar refractivity (Wildman–Crippen MR) is 256 cm³/mol. The van der Waals surface area contributed by atoms with Gasteiger partial charge in [0.15, 0.2) is 7.28 Å². The Bertz CT molecular complexity index is 3000. The van der Waals surface area contributed by atoms with Gasteiger partial charge >= 0.3 is 0 Å². The number of nitrogens with zero attached hydrogens (tertiary/aromatic N) is 1. The van der Waals surface area contributed by atoms with E-state index in [1.165, 1.54) is 121 Å².